The van der Waals surface area contributed by atoms with E-state index in [0.29, 0.717) is 6.04 Å². The zero-order valence-corrected chi connectivity index (χ0v) is 10.9. The molecular formula is C14H18F2N2O. The lowest BCUT2D eigenvalue weighted by Gasteiger charge is -2.28. The summed E-state index contributed by atoms with van der Waals surface area (Å²) in [6, 6.07) is 4.17. The van der Waals surface area contributed by atoms with Crippen LogP contribution in [0.25, 0.3) is 0 Å². The standard InChI is InChI=1S/C14H18F2N2O/c1-17-9-5-7-10(8-6-9)18-14(19)11-3-2-4-12(15)13(11)16/h2-4,9-10,17H,5-8H2,1H3,(H,18,19). The predicted molar refractivity (Wildman–Crippen MR) is 68.9 cm³/mol. The highest BCUT2D eigenvalue weighted by atomic mass is 19.2. The number of nitrogens with one attached hydrogen (secondary N) is 2. The lowest BCUT2D eigenvalue weighted by Crippen LogP contribution is -2.41. The highest BCUT2D eigenvalue weighted by Crippen LogP contribution is 2.19. The van der Waals surface area contributed by atoms with Crippen LogP contribution in [0, 0.1) is 11.6 Å². The molecule has 1 aromatic carbocycles. The van der Waals surface area contributed by atoms with Gasteiger partial charge in [0.25, 0.3) is 5.91 Å². The first kappa shape index (κ1) is 13.9. The topological polar surface area (TPSA) is 41.1 Å². The smallest absolute Gasteiger partial charge is 0.254 e. The Balaban J connectivity index is 1.96. The van der Waals surface area contributed by atoms with Gasteiger partial charge in [-0.1, -0.05) is 6.07 Å². The van der Waals surface area contributed by atoms with E-state index in [9.17, 15) is 13.6 Å². The fraction of sp³-hybridized carbons (Fsp3) is 0.500. The Hall–Kier alpha value is -1.49. The molecule has 0 bridgehead atoms. The molecule has 0 saturated heterocycles. The molecule has 5 heteroatoms. The molecule has 1 amide bonds. The Morgan fingerprint density at radius 3 is 2.42 bits per heavy atom. The predicted octanol–water partition coefficient (Wildman–Crippen LogP) is 2.23. The van der Waals surface area contributed by atoms with Crippen molar-refractivity contribution in [3.05, 3.63) is 35.4 Å². The van der Waals surface area contributed by atoms with Crippen LogP contribution < -0.4 is 10.6 Å². The number of amides is 1. The third-order valence-electron chi connectivity index (χ3n) is 3.67. The lowest BCUT2D eigenvalue weighted by molar-refractivity contribution is 0.0919. The molecule has 0 aromatic heterocycles. The van der Waals surface area contributed by atoms with Gasteiger partial charge in [0.1, 0.15) is 0 Å². The quantitative estimate of drug-likeness (QED) is 0.882. The molecule has 1 aromatic rings. The fourth-order valence-corrected chi connectivity index (χ4v) is 2.47. The van der Waals surface area contributed by atoms with E-state index in [1.165, 1.54) is 12.1 Å². The molecule has 19 heavy (non-hydrogen) atoms. The molecule has 3 nitrogen and oxygen atoms in total. The SMILES string of the molecule is CNC1CCC(NC(=O)c2cccc(F)c2F)CC1. The van der Waals surface area contributed by atoms with Gasteiger partial charge < -0.3 is 10.6 Å². The maximum atomic E-state index is 13.5. The number of carbonyl (C=O) groups is 1. The third kappa shape index (κ3) is 3.29. The summed E-state index contributed by atoms with van der Waals surface area (Å²) >= 11 is 0. The molecule has 2 rings (SSSR count). The van der Waals surface area contributed by atoms with Crippen LogP contribution in [0.3, 0.4) is 0 Å². The second-order valence-corrected chi connectivity index (χ2v) is 4.91. The maximum Gasteiger partial charge on any atom is 0.254 e. The molecule has 0 heterocycles. The molecule has 1 saturated carbocycles. The summed E-state index contributed by atoms with van der Waals surface area (Å²) in [6.45, 7) is 0. The Bertz CT molecular complexity index is 457. The number of carbonyl (C=O) groups excluding carboxylic acids is 1. The van der Waals surface area contributed by atoms with Gasteiger partial charge in [-0.05, 0) is 44.9 Å². The molecular weight excluding hydrogens is 250 g/mol. The Morgan fingerprint density at radius 1 is 1.16 bits per heavy atom. The van der Waals surface area contributed by atoms with Crippen molar-refractivity contribution in [2.45, 2.75) is 37.8 Å². The van der Waals surface area contributed by atoms with Crippen molar-refractivity contribution in [2.24, 2.45) is 0 Å². The lowest BCUT2D eigenvalue weighted by atomic mass is 9.91. The van der Waals surface area contributed by atoms with Crippen LogP contribution in [0.1, 0.15) is 36.0 Å². The van der Waals surface area contributed by atoms with E-state index in [1.54, 1.807) is 0 Å². The zero-order valence-electron chi connectivity index (χ0n) is 10.9. The molecule has 0 unspecified atom stereocenters. The van der Waals surface area contributed by atoms with Crippen molar-refractivity contribution in [3.8, 4) is 0 Å². The van der Waals surface area contributed by atoms with E-state index in [0.717, 1.165) is 31.7 Å². The van der Waals surface area contributed by atoms with E-state index in [-0.39, 0.29) is 11.6 Å². The van der Waals surface area contributed by atoms with E-state index < -0.39 is 17.5 Å². The second-order valence-electron chi connectivity index (χ2n) is 4.91. The summed E-state index contributed by atoms with van der Waals surface area (Å²) in [6.07, 6.45) is 3.67. The van der Waals surface area contributed by atoms with Crippen LogP contribution in [-0.2, 0) is 0 Å². The number of halogens is 2. The van der Waals surface area contributed by atoms with E-state index >= 15 is 0 Å². The van der Waals surface area contributed by atoms with Crippen LogP contribution in [0.4, 0.5) is 8.78 Å². The van der Waals surface area contributed by atoms with Gasteiger partial charge in [-0.2, -0.15) is 0 Å². The van der Waals surface area contributed by atoms with Crippen molar-refractivity contribution >= 4 is 5.91 Å². The van der Waals surface area contributed by atoms with Gasteiger partial charge in [-0.25, -0.2) is 8.78 Å². The van der Waals surface area contributed by atoms with Crippen LogP contribution in [-0.4, -0.2) is 25.0 Å². The molecule has 1 aliphatic carbocycles. The minimum absolute atomic E-state index is 0.0415. The number of rotatable bonds is 3. The largest absolute Gasteiger partial charge is 0.349 e. The van der Waals surface area contributed by atoms with Crippen LogP contribution in [0.5, 0.6) is 0 Å². The minimum Gasteiger partial charge on any atom is -0.349 e. The average Bonchev–Trinajstić information content (AvgIpc) is 2.42. The summed E-state index contributed by atoms with van der Waals surface area (Å²) in [5.74, 6) is -2.61. The second kappa shape index (κ2) is 6.10. The number of benzene rings is 1. The zero-order chi connectivity index (χ0) is 13.8. The van der Waals surface area contributed by atoms with Crippen molar-refractivity contribution in [1.29, 1.82) is 0 Å². The maximum absolute atomic E-state index is 13.5. The fourth-order valence-electron chi connectivity index (χ4n) is 2.47. The number of hydrogen-bond acceptors (Lipinski definition) is 2. The highest BCUT2D eigenvalue weighted by Gasteiger charge is 2.23. The van der Waals surface area contributed by atoms with Crippen LogP contribution in [0.2, 0.25) is 0 Å². The average molecular weight is 268 g/mol. The van der Waals surface area contributed by atoms with Crippen LogP contribution in [0.15, 0.2) is 18.2 Å². The summed E-state index contributed by atoms with van der Waals surface area (Å²) in [4.78, 5) is 11.9. The Morgan fingerprint density at radius 2 is 1.79 bits per heavy atom. The van der Waals surface area contributed by atoms with Gasteiger partial charge in [0.2, 0.25) is 0 Å². The molecule has 0 radical (unpaired) electrons. The molecule has 104 valence electrons. The summed E-state index contributed by atoms with van der Waals surface area (Å²) in [5, 5.41) is 5.98. The number of hydrogen-bond donors (Lipinski definition) is 2. The minimum atomic E-state index is -1.08. The van der Waals surface area contributed by atoms with Gasteiger partial charge in [-0.3, -0.25) is 4.79 Å². The van der Waals surface area contributed by atoms with Crippen LogP contribution >= 0.6 is 0 Å². The molecule has 0 aliphatic heterocycles. The van der Waals surface area contributed by atoms with Gasteiger partial charge >= 0.3 is 0 Å². The van der Waals surface area contributed by atoms with Crippen molar-refractivity contribution < 1.29 is 13.6 Å². The Kier molecular flexibility index (Phi) is 4.47. The van der Waals surface area contributed by atoms with Gasteiger partial charge in [0, 0.05) is 12.1 Å². The van der Waals surface area contributed by atoms with Gasteiger partial charge in [0.15, 0.2) is 11.6 Å². The van der Waals surface area contributed by atoms with E-state index in [1.807, 2.05) is 7.05 Å². The summed E-state index contributed by atoms with van der Waals surface area (Å²) < 4.78 is 26.5. The van der Waals surface area contributed by atoms with Crippen molar-refractivity contribution in [3.63, 3.8) is 0 Å². The summed E-state index contributed by atoms with van der Waals surface area (Å²) in [5.41, 5.74) is -0.226. The van der Waals surface area contributed by atoms with Crippen molar-refractivity contribution in [1.82, 2.24) is 10.6 Å². The van der Waals surface area contributed by atoms with Gasteiger partial charge in [0.05, 0.1) is 5.56 Å². The first-order chi connectivity index (χ1) is 9.11. The molecule has 0 atom stereocenters. The van der Waals surface area contributed by atoms with E-state index in [4.69, 9.17) is 0 Å². The molecule has 1 aliphatic rings. The first-order valence-electron chi connectivity index (χ1n) is 6.54. The molecule has 1 fully saturated rings. The highest BCUT2D eigenvalue weighted by molar-refractivity contribution is 5.94. The molecule has 2 N–H and O–H groups in total. The Labute approximate surface area is 111 Å². The monoisotopic (exact) mass is 268 g/mol. The van der Waals surface area contributed by atoms with Gasteiger partial charge in [-0.15, -0.1) is 0 Å². The molecule has 0 spiro atoms. The normalized spacial score (nSPS) is 23.1. The van der Waals surface area contributed by atoms with Crippen molar-refractivity contribution in [2.75, 3.05) is 7.05 Å². The third-order valence-corrected chi connectivity index (χ3v) is 3.67. The van der Waals surface area contributed by atoms with E-state index in [2.05, 4.69) is 10.6 Å². The first-order valence-corrected chi connectivity index (χ1v) is 6.54. The summed E-state index contributed by atoms with van der Waals surface area (Å²) in [7, 11) is 1.92.